The summed E-state index contributed by atoms with van der Waals surface area (Å²) in [7, 11) is -2.04. The summed E-state index contributed by atoms with van der Waals surface area (Å²) in [5, 5.41) is 16.4. The third-order valence-corrected chi connectivity index (χ3v) is 6.45. The average Bonchev–Trinajstić information content (AvgIpc) is 2.67. The number of nitrogens with one attached hydrogen (secondary N) is 2. The number of carbonyl (C=O) groups excluding carboxylic acids is 1. The largest absolute Gasteiger partial charge is 0.376 e. The molecular formula is C19H24N4O5S. The first-order valence-corrected chi connectivity index (χ1v) is 10.3. The van der Waals surface area contributed by atoms with Crippen LogP contribution in [0.15, 0.2) is 47.4 Å². The van der Waals surface area contributed by atoms with E-state index >= 15 is 0 Å². The van der Waals surface area contributed by atoms with Gasteiger partial charge in [-0.25, -0.2) is 8.42 Å². The van der Waals surface area contributed by atoms with Gasteiger partial charge in [-0.2, -0.15) is 4.31 Å². The molecule has 9 nitrogen and oxygen atoms in total. The van der Waals surface area contributed by atoms with E-state index in [1.807, 2.05) is 0 Å². The van der Waals surface area contributed by atoms with Gasteiger partial charge in [0.25, 0.3) is 5.69 Å². The van der Waals surface area contributed by atoms with Crippen molar-refractivity contribution in [2.24, 2.45) is 0 Å². The van der Waals surface area contributed by atoms with Crippen LogP contribution >= 0.6 is 0 Å². The minimum Gasteiger partial charge on any atom is -0.376 e. The molecule has 29 heavy (non-hydrogen) atoms. The van der Waals surface area contributed by atoms with Gasteiger partial charge in [-0.3, -0.25) is 14.9 Å². The Morgan fingerprint density at radius 3 is 2.31 bits per heavy atom. The maximum atomic E-state index is 12.5. The molecule has 0 saturated heterocycles. The van der Waals surface area contributed by atoms with Gasteiger partial charge in [0.15, 0.2) is 0 Å². The first kappa shape index (κ1) is 22.3. The van der Waals surface area contributed by atoms with Crippen molar-refractivity contribution in [2.75, 3.05) is 24.2 Å². The highest BCUT2D eigenvalue weighted by Gasteiger charge is 2.22. The maximum absolute atomic E-state index is 12.5. The SMILES string of the molecule is Cc1cc([N+](=O)[O-])ccc1NC(=O)CNc1ccc(S(=O)(=O)N(C)C(C)C)cc1. The van der Waals surface area contributed by atoms with Crippen molar-refractivity contribution in [1.29, 1.82) is 0 Å². The minimum atomic E-state index is -3.56. The molecule has 0 aliphatic heterocycles. The van der Waals surface area contributed by atoms with Gasteiger partial charge in [0.05, 0.1) is 16.4 Å². The minimum absolute atomic E-state index is 0.0447. The zero-order valence-corrected chi connectivity index (χ0v) is 17.5. The number of nitrogens with zero attached hydrogens (tertiary/aromatic N) is 2. The number of non-ortho nitro benzene ring substituents is 1. The lowest BCUT2D eigenvalue weighted by molar-refractivity contribution is -0.384. The third kappa shape index (κ3) is 5.52. The van der Waals surface area contributed by atoms with Crippen molar-refractivity contribution in [1.82, 2.24) is 4.31 Å². The normalized spacial score (nSPS) is 11.5. The zero-order valence-electron chi connectivity index (χ0n) is 16.7. The lowest BCUT2D eigenvalue weighted by Crippen LogP contribution is -2.33. The number of hydrogen-bond acceptors (Lipinski definition) is 6. The molecular weight excluding hydrogens is 396 g/mol. The van der Waals surface area contributed by atoms with Crippen molar-refractivity contribution in [3.8, 4) is 0 Å². The highest BCUT2D eigenvalue weighted by molar-refractivity contribution is 7.89. The highest BCUT2D eigenvalue weighted by atomic mass is 32.2. The molecule has 2 rings (SSSR count). The first-order chi connectivity index (χ1) is 13.5. The molecule has 0 heterocycles. The van der Waals surface area contributed by atoms with Crippen molar-refractivity contribution in [2.45, 2.75) is 31.7 Å². The van der Waals surface area contributed by atoms with Crippen LogP contribution in [0.25, 0.3) is 0 Å². The van der Waals surface area contributed by atoms with E-state index in [4.69, 9.17) is 0 Å². The van der Waals surface area contributed by atoms with Gasteiger partial charge in [0, 0.05) is 36.6 Å². The van der Waals surface area contributed by atoms with Gasteiger partial charge in [-0.05, 0) is 56.7 Å². The number of anilines is 2. The molecule has 156 valence electrons. The summed E-state index contributed by atoms with van der Waals surface area (Å²) in [6.07, 6.45) is 0. The molecule has 0 radical (unpaired) electrons. The Hall–Kier alpha value is -2.98. The third-order valence-electron chi connectivity index (χ3n) is 4.41. The summed E-state index contributed by atoms with van der Waals surface area (Å²) in [6.45, 7) is 5.20. The van der Waals surface area contributed by atoms with Gasteiger partial charge >= 0.3 is 0 Å². The molecule has 0 fully saturated rings. The Bertz CT molecular complexity index is 1000. The fraction of sp³-hybridized carbons (Fsp3) is 0.316. The van der Waals surface area contributed by atoms with Gasteiger partial charge < -0.3 is 10.6 Å². The van der Waals surface area contributed by atoms with Gasteiger partial charge in [-0.15, -0.1) is 0 Å². The van der Waals surface area contributed by atoms with Crippen LogP contribution in [-0.4, -0.2) is 43.2 Å². The molecule has 2 aromatic carbocycles. The number of nitro benzene ring substituents is 1. The number of hydrogen-bond donors (Lipinski definition) is 2. The van der Waals surface area contributed by atoms with E-state index in [1.54, 1.807) is 32.9 Å². The molecule has 10 heteroatoms. The fourth-order valence-electron chi connectivity index (χ4n) is 2.47. The predicted molar refractivity (Wildman–Crippen MR) is 111 cm³/mol. The predicted octanol–water partition coefficient (Wildman–Crippen LogP) is 2.98. The molecule has 1 amide bonds. The lowest BCUT2D eigenvalue weighted by Gasteiger charge is -2.21. The summed E-state index contributed by atoms with van der Waals surface area (Å²) < 4.78 is 26.2. The van der Waals surface area contributed by atoms with E-state index in [2.05, 4.69) is 10.6 Å². The van der Waals surface area contributed by atoms with E-state index in [0.29, 0.717) is 16.9 Å². The molecule has 0 aliphatic rings. The lowest BCUT2D eigenvalue weighted by atomic mass is 10.2. The molecule has 0 unspecified atom stereocenters. The summed E-state index contributed by atoms with van der Waals surface area (Å²) in [5.41, 5.74) is 1.61. The number of amides is 1. The monoisotopic (exact) mass is 420 g/mol. The second-order valence-electron chi connectivity index (χ2n) is 6.80. The molecule has 0 atom stereocenters. The number of aryl methyl sites for hydroxylation is 1. The van der Waals surface area contributed by atoms with E-state index in [9.17, 15) is 23.3 Å². The molecule has 0 saturated carbocycles. The maximum Gasteiger partial charge on any atom is 0.269 e. The van der Waals surface area contributed by atoms with E-state index < -0.39 is 14.9 Å². The van der Waals surface area contributed by atoms with Crippen LogP contribution in [0.3, 0.4) is 0 Å². The highest BCUT2D eigenvalue weighted by Crippen LogP contribution is 2.21. The van der Waals surface area contributed by atoms with Crippen LogP contribution in [0.1, 0.15) is 19.4 Å². The fourth-order valence-corrected chi connectivity index (χ4v) is 3.83. The average molecular weight is 420 g/mol. The topological polar surface area (TPSA) is 122 Å². The second kappa shape index (κ2) is 9.01. The Balaban J connectivity index is 1.98. The Kier molecular flexibility index (Phi) is 6.93. The quantitative estimate of drug-likeness (QED) is 0.500. The van der Waals surface area contributed by atoms with Crippen LogP contribution in [0, 0.1) is 17.0 Å². The Morgan fingerprint density at radius 1 is 1.17 bits per heavy atom. The van der Waals surface area contributed by atoms with Crippen LogP contribution in [0.4, 0.5) is 17.1 Å². The summed E-state index contributed by atoms with van der Waals surface area (Å²) >= 11 is 0. The van der Waals surface area contributed by atoms with E-state index in [1.165, 1.54) is 41.7 Å². The molecule has 0 spiro atoms. The molecule has 0 bridgehead atoms. The number of rotatable bonds is 8. The van der Waals surface area contributed by atoms with Crippen molar-refractivity contribution < 1.29 is 18.1 Å². The van der Waals surface area contributed by atoms with E-state index in [0.717, 1.165) is 0 Å². The second-order valence-corrected chi connectivity index (χ2v) is 8.79. The zero-order chi connectivity index (χ0) is 21.8. The number of carbonyl (C=O) groups is 1. The molecule has 0 aromatic heterocycles. The van der Waals surface area contributed by atoms with Crippen molar-refractivity contribution in [3.63, 3.8) is 0 Å². The summed E-state index contributed by atoms with van der Waals surface area (Å²) in [6, 6.07) is 10.2. The first-order valence-electron chi connectivity index (χ1n) is 8.89. The van der Waals surface area contributed by atoms with Gasteiger partial charge in [-0.1, -0.05) is 0 Å². The smallest absolute Gasteiger partial charge is 0.269 e. The van der Waals surface area contributed by atoms with Crippen LogP contribution in [-0.2, 0) is 14.8 Å². The number of benzene rings is 2. The number of nitro groups is 1. The van der Waals surface area contributed by atoms with Gasteiger partial charge in [0.1, 0.15) is 0 Å². The number of sulfonamides is 1. The summed E-state index contributed by atoms with van der Waals surface area (Å²) in [4.78, 5) is 22.6. The van der Waals surface area contributed by atoms with E-state index in [-0.39, 0.29) is 29.1 Å². The standard InChI is InChI=1S/C19H24N4O5S/c1-13(2)22(4)29(27,28)17-8-5-15(6-9-17)20-12-19(24)21-18-10-7-16(23(25)26)11-14(18)3/h5-11,13,20H,12H2,1-4H3,(H,21,24). The Labute approximate surface area is 169 Å². The van der Waals surface area contributed by atoms with Crippen LogP contribution < -0.4 is 10.6 Å². The van der Waals surface area contributed by atoms with Crippen molar-refractivity contribution in [3.05, 3.63) is 58.1 Å². The van der Waals surface area contributed by atoms with Gasteiger partial charge in [0.2, 0.25) is 15.9 Å². The Morgan fingerprint density at radius 2 is 1.79 bits per heavy atom. The summed E-state index contributed by atoms with van der Waals surface area (Å²) in [5.74, 6) is -0.335. The molecule has 2 aromatic rings. The van der Waals surface area contributed by atoms with Crippen molar-refractivity contribution >= 4 is 33.0 Å². The van der Waals surface area contributed by atoms with Crippen LogP contribution in [0.2, 0.25) is 0 Å². The molecule has 0 aliphatic carbocycles. The molecule has 2 N–H and O–H groups in total. The van der Waals surface area contributed by atoms with Crippen LogP contribution in [0.5, 0.6) is 0 Å².